The average molecular weight is 448 g/mol. The molecular weight excluding hydrogens is 414 g/mol. The number of nitrogens with zero attached hydrogens (tertiary/aromatic N) is 4. The van der Waals surface area contributed by atoms with Crippen molar-refractivity contribution in [2.45, 2.75) is 53.4 Å². The number of aromatic nitrogens is 3. The lowest BCUT2D eigenvalue weighted by Gasteiger charge is -2.20. The van der Waals surface area contributed by atoms with Gasteiger partial charge in [0.15, 0.2) is 0 Å². The van der Waals surface area contributed by atoms with Crippen LogP contribution in [0.25, 0.3) is 10.9 Å². The zero-order chi connectivity index (χ0) is 23.7. The Kier molecular flexibility index (Phi) is 6.49. The van der Waals surface area contributed by atoms with E-state index in [1.807, 2.05) is 32.6 Å². The highest BCUT2D eigenvalue weighted by molar-refractivity contribution is 5.95. The summed E-state index contributed by atoms with van der Waals surface area (Å²) in [4.78, 5) is 42.1. The lowest BCUT2D eigenvalue weighted by atomic mass is 10.1. The van der Waals surface area contributed by atoms with Crippen molar-refractivity contribution in [2.75, 3.05) is 26.2 Å². The molecule has 1 aromatic carbocycles. The normalized spacial score (nSPS) is 15.9. The van der Waals surface area contributed by atoms with Crippen LogP contribution in [0.5, 0.6) is 0 Å². The van der Waals surface area contributed by atoms with E-state index in [9.17, 15) is 9.59 Å². The highest BCUT2D eigenvalue weighted by Gasteiger charge is 2.30. The second-order valence-electron chi connectivity index (χ2n) is 8.98. The van der Waals surface area contributed by atoms with Gasteiger partial charge in [0.25, 0.3) is 5.91 Å². The van der Waals surface area contributed by atoms with Crippen molar-refractivity contribution in [2.24, 2.45) is 0 Å². The van der Waals surface area contributed by atoms with Crippen molar-refractivity contribution in [1.29, 1.82) is 0 Å². The Morgan fingerprint density at radius 3 is 2.64 bits per heavy atom. The zero-order valence-electron chi connectivity index (χ0n) is 20.2. The van der Waals surface area contributed by atoms with Crippen LogP contribution in [-0.4, -0.2) is 62.7 Å². The molecule has 2 aromatic heterocycles. The summed E-state index contributed by atoms with van der Waals surface area (Å²) in [6.07, 6.45) is 2.88. The van der Waals surface area contributed by atoms with Crippen molar-refractivity contribution in [3.05, 3.63) is 58.3 Å². The molecule has 0 aliphatic carbocycles. The largest absolute Gasteiger partial charge is 0.358 e. The topological polar surface area (TPSA) is 82.2 Å². The first-order chi connectivity index (χ1) is 15.8. The molecule has 3 aromatic rings. The molecule has 1 fully saturated rings. The molecule has 0 bridgehead atoms. The van der Waals surface area contributed by atoms with Crippen LogP contribution in [0.2, 0.25) is 0 Å². The fourth-order valence-electron chi connectivity index (χ4n) is 4.76. The second-order valence-corrected chi connectivity index (χ2v) is 8.98. The Bertz CT molecular complexity index is 1190. The molecule has 33 heavy (non-hydrogen) atoms. The molecule has 1 aliphatic rings. The van der Waals surface area contributed by atoms with Crippen LogP contribution in [0.4, 0.5) is 0 Å². The first-order valence-corrected chi connectivity index (χ1v) is 11.8. The third-order valence-electron chi connectivity index (χ3n) is 6.79. The number of nitrogens with one attached hydrogen (secondary N) is 1. The minimum absolute atomic E-state index is 0.0309. The molecule has 174 valence electrons. The minimum atomic E-state index is -0.0309. The smallest absolute Gasteiger partial charge is 0.257 e. The summed E-state index contributed by atoms with van der Waals surface area (Å²) in [7, 11) is 0. The quantitative estimate of drug-likeness (QED) is 0.621. The third-order valence-corrected chi connectivity index (χ3v) is 6.79. The number of likely N-dealkylation sites (tertiary alicyclic amines) is 1. The Hall–Kier alpha value is -3.22. The van der Waals surface area contributed by atoms with Gasteiger partial charge in [0.1, 0.15) is 5.82 Å². The number of hydrogen-bond donors (Lipinski definition) is 1. The average Bonchev–Trinajstić information content (AvgIpc) is 3.40. The number of amides is 2. The summed E-state index contributed by atoms with van der Waals surface area (Å²) in [6.45, 7) is 12.5. The van der Waals surface area contributed by atoms with Gasteiger partial charge >= 0.3 is 0 Å². The van der Waals surface area contributed by atoms with Crippen LogP contribution < -0.4 is 0 Å². The number of carbonyl (C=O) groups excluding carboxylic acids is 2. The van der Waals surface area contributed by atoms with Gasteiger partial charge in [-0.25, -0.2) is 9.97 Å². The van der Waals surface area contributed by atoms with Crippen LogP contribution in [0.3, 0.4) is 0 Å². The fourth-order valence-corrected chi connectivity index (χ4v) is 4.76. The van der Waals surface area contributed by atoms with Gasteiger partial charge in [0.05, 0.1) is 17.7 Å². The van der Waals surface area contributed by atoms with Crippen LogP contribution in [0.1, 0.15) is 64.9 Å². The summed E-state index contributed by atoms with van der Waals surface area (Å²) in [5.74, 6) is 0.916. The van der Waals surface area contributed by atoms with Gasteiger partial charge in [0, 0.05) is 54.9 Å². The second kappa shape index (κ2) is 9.33. The highest BCUT2D eigenvalue weighted by atomic mass is 16.2. The fraction of sp³-hybridized carbons (Fsp3) is 0.462. The number of carbonyl (C=O) groups is 2. The molecule has 7 nitrogen and oxygen atoms in total. The first-order valence-electron chi connectivity index (χ1n) is 11.8. The van der Waals surface area contributed by atoms with E-state index in [4.69, 9.17) is 0 Å². The molecule has 1 N–H and O–H groups in total. The van der Waals surface area contributed by atoms with Crippen molar-refractivity contribution in [1.82, 2.24) is 24.8 Å². The van der Waals surface area contributed by atoms with Crippen molar-refractivity contribution < 1.29 is 9.59 Å². The number of aryl methyl sites for hydroxylation is 3. The lowest BCUT2D eigenvalue weighted by molar-refractivity contribution is -0.129. The van der Waals surface area contributed by atoms with Crippen LogP contribution in [-0.2, 0) is 11.2 Å². The summed E-state index contributed by atoms with van der Waals surface area (Å²) < 4.78 is 0. The molecule has 1 aliphatic heterocycles. The molecule has 3 heterocycles. The Labute approximate surface area is 195 Å². The van der Waals surface area contributed by atoms with E-state index >= 15 is 0 Å². The van der Waals surface area contributed by atoms with Crippen molar-refractivity contribution >= 4 is 22.7 Å². The van der Waals surface area contributed by atoms with Crippen LogP contribution in [0.15, 0.2) is 24.4 Å². The number of benzene rings is 1. The van der Waals surface area contributed by atoms with E-state index in [-0.39, 0.29) is 17.7 Å². The van der Waals surface area contributed by atoms with Gasteiger partial charge in [-0.1, -0.05) is 11.6 Å². The van der Waals surface area contributed by atoms with Crippen LogP contribution >= 0.6 is 0 Å². The van der Waals surface area contributed by atoms with Gasteiger partial charge in [-0.2, -0.15) is 0 Å². The molecule has 4 rings (SSSR count). The number of aromatic amines is 1. The molecule has 0 spiro atoms. The maximum atomic E-state index is 13.1. The summed E-state index contributed by atoms with van der Waals surface area (Å²) in [5.41, 5.74) is 5.64. The van der Waals surface area contributed by atoms with Gasteiger partial charge in [-0.3, -0.25) is 9.59 Å². The van der Waals surface area contributed by atoms with Gasteiger partial charge < -0.3 is 14.8 Å². The van der Waals surface area contributed by atoms with E-state index < -0.39 is 0 Å². The number of hydrogen-bond acceptors (Lipinski definition) is 4. The minimum Gasteiger partial charge on any atom is -0.358 e. The molecule has 1 saturated heterocycles. The van der Waals surface area contributed by atoms with Gasteiger partial charge in [-0.05, 0) is 58.7 Å². The molecule has 0 radical (unpaired) electrons. The van der Waals surface area contributed by atoms with E-state index in [1.54, 1.807) is 11.1 Å². The van der Waals surface area contributed by atoms with E-state index in [0.717, 1.165) is 34.4 Å². The van der Waals surface area contributed by atoms with Crippen LogP contribution in [0, 0.1) is 20.8 Å². The molecular formula is C26H33N5O2. The molecule has 7 heteroatoms. The zero-order valence-corrected chi connectivity index (χ0v) is 20.2. The highest BCUT2D eigenvalue weighted by Crippen LogP contribution is 2.28. The Morgan fingerprint density at radius 2 is 1.94 bits per heavy atom. The molecule has 2 amide bonds. The maximum absolute atomic E-state index is 13.1. The Morgan fingerprint density at radius 1 is 1.18 bits per heavy atom. The van der Waals surface area contributed by atoms with Gasteiger partial charge in [-0.15, -0.1) is 0 Å². The number of fused-ring (bicyclic) bond motifs is 1. The third kappa shape index (κ3) is 4.49. The standard InChI is InChI=1S/C26H33N5O2/c1-6-30(7-2)26(33)22-14-27-25(29-18(22)5)19-10-11-31(15-19)24(32)13-20-17(4)28-23-9-8-16(3)12-21(20)23/h8-9,12,14,19,28H,6-7,10-11,13,15H2,1-5H3/t19-/m0/s1. The maximum Gasteiger partial charge on any atom is 0.257 e. The predicted molar refractivity (Wildman–Crippen MR) is 129 cm³/mol. The van der Waals surface area contributed by atoms with Gasteiger partial charge in [0.2, 0.25) is 5.91 Å². The van der Waals surface area contributed by atoms with Crippen molar-refractivity contribution in [3.8, 4) is 0 Å². The Balaban J connectivity index is 1.46. The predicted octanol–water partition coefficient (Wildman–Crippen LogP) is 3.92. The number of rotatable bonds is 6. The first kappa shape index (κ1) is 23.0. The van der Waals surface area contributed by atoms with E-state index in [1.165, 1.54) is 5.56 Å². The molecule has 0 saturated carbocycles. The monoisotopic (exact) mass is 447 g/mol. The lowest BCUT2D eigenvalue weighted by Crippen LogP contribution is -2.31. The summed E-state index contributed by atoms with van der Waals surface area (Å²) in [5, 5.41) is 1.13. The number of H-pyrrole nitrogens is 1. The van der Waals surface area contributed by atoms with E-state index in [0.29, 0.717) is 43.9 Å². The molecule has 0 unspecified atom stereocenters. The van der Waals surface area contributed by atoms with E-state index in [2.05, 4.69) is 40.1 Å². The summed E-state index contributed by atoms with van der Waals surface area (Å²) >= 11 is 0. The van der Waals surface area contributed by atoms with Crippen molar-refractivity contribution in [3.63, 3.8) is 0 Å². The molecule has 1 atom stereocenters. The SMILES string of the molecule is CCN(CC)C(=O)c1cnc([C@H]2CCN(C(=O)Cc3c(C)[nH]c4ccc(C)cc34)C2)nc1C. The summed E-state index contributed by atoms with van der Waals surface area (Å²) in [6, 6.07) is 6.30.